The Labute approximate surface area is 109 Å². The molecule has 3 aromatic rings. The van der Waals surface area contributed by atoms with E-state index in [9.17, 15) is 0 Å². The van der Waals surface area contributed by atoms with Crippen LogP contribution in [0.5, 0.6) is 0 Å². The zero-order valence-corrected chi connectivity index (χ0v) is 10.7. The molecule has 0 bridgehead atoms. The largest absolute Gasteiger partial charge is 0.330 e. The van der Waals surface area contributed by atoms with E-state index >= 15 is 0 Å². The van der Waals surface area contributed by atoms with Gasteiger partial charge in [0.05, 0.1) is 0 Å². The first-order valence-electron chi connectivity index (χ1n) is 5.93. The molecule has 2 N–H and O–H groups in total. The summed E-state index contributed by atoms with van der Waals surface area (Å²) in [7, 11) is 0. The molecule has 0 fully saturated rings. The Bertz CT molecular complexity index is 641. The Morgan fingerprint density at radius 2 is 2.00 bits per heavy atom. The van der Waals surface area contributed by atoms with E-state index < -0.39 is 0 Å². The van der Waals surface area contributed by atoms with Crippen molar-refractivity contribution in [2.45, 2.75) is 12.8 Å². The van der Waals surface area contributed by atoms with Crippen molar-refractivity contribution in [1.29, 1.82) is 0 Å². The Hall–Kier alpha value is -1.72. The molecular formula is C13H14N4S. The summed E-state index contributed by atoms with van der Waals surface area (Å²) in [4.78, 5) is 0.949. The van der Waals surface area contributed by atoms with E-state index in [1.165, 1.54) is 11.3 Å². The van der Waals surface area contributed by atoms with Gasteiger partial charge in [0.15, 0.2) is 0 Å². The Balaban J connectivity index is 1.99. The lowest BCUT2D eigenvalue weighted by molar-refractivity contribution is 0.858. The number of nitrogens with zero attached hydrogens (tertiary/aromatic N) is 3. The molecule has 0 amide bonds. The number of hydrogen-bond donors (Lipinski definition) is 1. The number of nitrogens with two attached hydrogens (primary N) is 1. The van der Waals surface area contributed by atoms with Gasteiger partial charge in [0.1, 0.15) is 5.82 Å². The molecule has 0 spiro atoms. The van der Waals surface area contributed by atoms with Crippen LogP contribution >= 0.6 is 11.3 Å². The van der Waals surface area contributed by atoms with Gasteiger partial charge in [0, 0.05) is 23.9 Å². The Kier molecular flexibility index (Phi) is 3.08. The van der Waals surface area contributed by atoms with Crippen LogP contribution in [-0.4, -0.2) is 21.1 Å². The van der Waals surface area contributed by atoms with Gasteiger partial charge in [-0.25, -0.2) is 0 Å². The van der Waals surface area contributed by atoms with Gasteiger partial charge in [-0.2, -0.15) is 0 Å². The monoisotopic (exact) mass is 258 g/mol. The molecule has 4 nitrogen and oxygen atoms in total. The maximum Gasteiger partial charge on any atom is 0.216 e. The van der Waals surface area contributed by atoms with Crippen LogP contribution in [0.1, 0.15) is 17.1 Å². The fourth-order valence-electron chi connectivity index (χ4n) is 2.05. The third kappa shape index (κ3) is 2.02. The van der Waals surface area contributed by atoms with Crippen LogP contribution < -0.4 is 5.73 Å². The van der Waals surface area contributed by atoms with Crippen LogP contribution in [-0.2, 0) is 12.8 Å². The van der Waals surface area contributed by atoms with E-state index in [2.05, 4.69) is 32.1 Å². The molecule has 0 aliphatic rings. The normalized spacial score (nSPS) is 11.2. The van der Waals surface area contributed by atoms with Gasteiger partial charge >= 0.3 is 0 Å². The second kappa shape index (κ2) is 4.88. The summed E-state index contributed by atoms with van der Waals surface area (Å²) in [6.45, 7) is 0.648. The number of benzene rings is 1. The summed E-state index contributed by atoms with van der Waals surface area (Å²) < 4.78 is 2.13. The molecule has 0 radical (unpaired) electrons. The molecule has 18 heavy (non-hydrogen) atoms. The van der Waals surface area contributed by atoms with Crippen molar-refractivity contribution in [1.82, 2.24) is 14.6 Å². The summed E-state index contributed by atoms with van der Waals surface area (Å²) in [5.41, 5.74) is 8.08. The van der Waals surface area contributed by atoms with E-state index in [1.807, 2.05) is 18.2 Å². The predicted octanol–water partition coefficient (Wildman–Crippen LogP) is 1.88. The van der Waals surface area contributed by atoms with Crippen molar-refractivity contribution in [3.8, 4) is 0 Å². The highest BCUT2D eigenvalue weighted by Gasteiger charge is 2.11. The maximum absolute atomic E-state index is 5.63. The number of aromatic nitrogens is 3. The second-order valence-electron chi connectivity index (χ2n) is 4.16. The molecule has 2 heterocycles. The van der Waals surface area contributed by atoms with Crippen molar-refractivity contribution >= 4 is 16.3 Å². The lowest BCUT2D eigenvalue weighted by Gasteiger charge is -2.01. The first-order chi connectivity index (χ1) is 8.88. The zero-order chi connectivity index (χ0) is 12.4. The van der Waals surface area contributed by atoms with Crippen molar-refractivity contribution < 1.29 is 0 Å². The smallest absolute Gasteiger partial charge is 0.216 e. The van der Waals surface area contributed by atoms with Crippen LogP contribution in [0.2, 0.25) is 0 Å². The number of thiazole rings is 1. The maximum atomic E-state index is 5.63. The quantitative estimate of drug-likeness (QED) is 0.777. The lowest BCUT2D eigenvalue weighted by Crippen LogP contribution is -2.06. The number of hydrogen-bond acceptors (Lipinski definition) is 4. The van der Waals surface area contributed by atoms with Gasteiger partial charge in [-0.3, -0.25) is 4.40 Å². The van der Waals surface area contributed by atoms with Crippen molar-refractivity contribution in [2.75, 3.05) is 6.54 Å². The predicted molar refractivity (Wildman–Crippen MR) is 72.9 cm³/mol. The molecule has 2 aromatic heterocycles. The Morgan fingerprint density at radius 3 is 2.78 bits per heavy atom. The van der Waals surface area contributed by atoms with Gasteiger partial charge in [-0.05, 0) is 12.1 Å². The fraction of sp³-hybridized carbons (Fsp3) is 0.231. The molecule has 0 atom stereocenters. The van der Waals surface area contributed by atoms with Crippen LogP contribution in [0.15, 0.2) is 35.7 Å². The average Bonchev–Trinajstić information content (AvgIpc) is 2.96. The third-order valence-electron chi connectivity index (χ3n) is 2.89. The molecule has 0 saturated heterocycles. The molecule has 0 unspecified atom stereocenters. The lowest BCUT2D eigenvalue weighted by atomic mass is 10.1. The highest BCUT2D eigenvalue weighted by atomic mass is 32.1. The summed E-state index contributed by atoms with van der Waals surface area (Å²) in [5.74, 6) is 0.987. The molecule has 5 heteroatoms. The van der Waals surface area contributed by atoms with Gasteiger partial charge in [0.2, 0.25) is 4.96 Å². The molecule has 0 aliphatic heterocycles. The first-order valence-corrected chi connectivity index (χ1v) is 6.81. The van der Waals surface area contributed by atoms with E-state index in [1.54, 1.807) is 11.3 Å². The van der Waals surface area contributed by atoms with Crippen LogP contribution in [0, 0.1) is 0 Å². The highest BCUT2D eigenvalue weighted by Crippen LogP contribution is 2.18. The van der Waals surface area contributed by atoms with E-state index in [0.717, 1.165) is 23.6 Å². The molecule has 0 aliphatic carbocycles. The SMILES string of the molecule is NCCc1csc2nnc(Cc3ccccc3)n12. The highest BCUT2D eigenvalue weighted by molar-refractivity contribution is 7.15. The second-order valence-corrected chi connectivity index (χ2v) is 5.00. The van der Waals surface area contributed by atoms with Gasteiger partial charge in [-0.15, -0.1) is 21.5 Å². The summed E-state index contributed by atoms with van der Waals surface area (Å²) in [5, 5.41) is 10.6. The van der Waals surface area contributed by atoms with Crippen molar-refractivity contribution in [3.63, 3.8) is 0 Å². The Morgan fingerprint density at radius 1 is 1.17 bits per heavy atom. The average molecular weight is 258 g/mol. The van der Waals surface area contributed by atoms with Crippen molar-refractivity contribution in [2.24, 2.45) is 5.73 Å². The van der Waals surface area contributed by atoms with Crippen molar-refractivity contribution in [3.05, 3.63) is 52.8 Å². The van der Waals surface area contributed by atoms with E-state index in [0.29, 0.717) is 6.54 Å². The molecule has 92 valence electrons. The molecule has 3 rings (SSSR count). The summed E-state index contributed by atoms with van der Waals surface area (Å²) in [6.07, 6.45) is 1.66. The molecule has 0 saturated carbocycles. The summed E-state index contributed by atoms with van der Waals surface area (Å²) >= 11 is 1.62. The van der Waals surface area contributed by atoms with Gasteiger partial charge < -0.3 is 5.73 Å². The minimum Gasteiger partial charge on any atom is -0.330 e. The molecular weight excluding hydrogens is 244 g/mol. The minimum absolute atomic E-state index is 0.648. The molecule has 1 aromatic carbocycles. The standard InChI is InChI=1S/C13H14N4S/c14-7-6-11-9-18-13-16-15-12(17(11)13)8-10-4-2-1-3-5-10/h1-5,9H,6-8,14H2. The summed E-state index contributed by atoms with van der Waals surface area (Å²) in [6, 6.07) is 10.3. The number of rotatable bonds is 4. The van der Waals surface area contributed by atoms with E-state index in [-0.39, 0.29) is 0 Å². The topological polar surface area (TPSA) is 56.2 Å². The van der Waals surface area contributed by atoms with Gasteiger partial charge in [0.25, 0.3) is 0 Å². The van der Waals surface area contributed by atoms with Crippen LogP contribution in [0.4, 0.5) is 0 Å². The minimum atomic E-state index is 0.648. The zero-order valence-electron chi connectivity index (χ0n) is 9.91. The van der Waals surface area contributed by atoms with Crippen LogP contribution in [0.25, 0.3) is 4.96 Å². The number of fused-ring (bicyclic) bond motifs is 1. The van der Waals surface area contributed by atoms with Crippen LogP contribution in [0.3, 0.4) is 0 Å². The fourth-order valence-corrected chi connectivity index (χ4v) is 2.93. The van der Waals surface area contributed by atoms with E-state index in [4.69, 9.17) is 5.73 Å². The third-order valence-corrected chi connectivity index (χ3v) is 3.76. The first kappa shape index (κ1) is 11.4. The van der Waals surface area contributed by atoms with Gasteiger partial charge in [-0.1, -0.05) is 30.3 Å².